The van der Waals surface area contributed by atoms with Crippen LogP contribution in [0.15, 0.2) is 34.3 Å². The van der Waals surface area contributed by atoms with Crippen molar-refractivity contribution in [3.8, 4) is 0 Å². The standard InChI is InChI=1S/C17H14N2O2/c1-17(2)7-11-4-3-5-12-14(18-9-20)6-15(19-10-21)13(8-17)16(11)12/h3-6H,7-8H2,1-2H3. The van der Waals surface area contributed by atoms with Gasteiger partial charge in [-0.3, -0.25) is 0 Å². The number of rotatable bonds is 2. The predicted molar refractivity (Wildman–Crippen MR) is 80.7 cm³/mol. The molecule has 0 heterocycles. The van der Waals surface area contributed by atoms with Gasteiger partial charge in [0, 0.05) is 5.39 Å². The first-order valence-corrected chi connectivity index (χ1v) is 6.79. The first-order chi connectivity index (χ1) is 10.1. The van der Waals surface area contributed by atoms with Crippen molar-refractivity contribution in [3.05, 3.63) is 35.4 Å². The monoisotopic (exact) mass is 278 g/mol. The van der Waals surface area contributed by atoms with Crippen molar-refractivity contribution in [2.75, 3.05) is 0 Å². The van der Waals surface area contributed by atoms with Crippen LogP contribution in [0.2, 0.25) is 0 Å². The summed E-state index contributed by atoms with van der Waals surface area (Å²) >= 11 is 0. The lowest BCUT2D eigenvalue weighted by Gasteiger charge is -2.32. The molecule has 4 heteroatoms. The molecule has 0 unspecified atom stereocenters. The smallest absolute Gasteiger partial charge is 0.211 e. The van der Waals surface area contributed by atoms with E-state index >= 15 is 0 Å². The van der Waals surface area contributed by atoms with Crippen LogP contribution in [0.5, 0.6) is 0 Å². The van der Waals surface area contributed by atoms with E-state index in [4.69, 9.17) is 0 Å². The fraction of sp³-hybridized carbons (Fsp3) is 0.294. The van der Waals surface area contributed by atoms with Crippen molar-refractivity contribution in [1.29, 1.82) is 0 Å². The Morgan fingerprint density at radius 2 is 1.76 bits per heavy atom. The second-order valence-corrected chi connectivity index (χ2v) is 6.16. The third-order valence-corrected chi connectivity index (χ3v) is 3.97. The van der Waals surface area contributed by atoms with Crippen LogP contribution in [0.4, 0.5) is 11.4 Å². The molecule has 104 valence electrons. The first-order valence-electron chi connectivity index (χ1n) is 6.79. The van der Waals surface area contributed by atoms with E-state index in [0.29, 0.717) is 11.4 Å². The molecule has 0 atom stereocenters. The van der Waals surface area contributed by atoms with Crippen molar-refractivity contribution in [2.45, 2.75) is 26.7 Å². The molecule has 0 radical (unpaired) electrons. The quantitative estimate of drug-likeness (QED) is 0.618. The molecule has 0 saturated carbocycles. The second-order valence-electron chi connectivity index (χ2n) is 6.16. The van der Waals surface area contributed by atoms with Gasteiger partial charge in [0.15, 0.2) is 0 Å². The fourth-order valence-electron chi connectivity index (χ4n) is 3.27. The average molecular weight is 278 g/mol. The van der Waals surface area contributed by atoms with Crippen LogP contribution in [-0.2, 0) is 22.4 Å². The summed E-state index contributed by atoms with van der Waals surface area (Å²) in [5.74, 6) is 0. The zero-order valence-electron chi connectivity index (χ0n) is 11.9. The van der Waals surface area contributed by atoms with Crippen molar-refractivity contribution >= 4 is 34.3 Å². The number of nitrogens with zero attached hydrogens (tertiary/aromatic N) is 2. The average Bonchev–Trinajstić information content (AvgIpc) is 2.42. The lowest BCUT2D eigenvalue weighted by atomic mass is 9.72. The van der Waals surface area contributed by atoms with Crippen LogP contribution in [0.3, 0.4) is 0 Å². The highest BCUT2D eigenvalue weighted by atomic mass is 16.1. The topological polar surface area (TPSA) is 58.9 Å². The van der Waals surface area contributed by atoms with Crippen LogP contribution >= 0.6 is 0 Å². The van der Waals surface area contributed by atoms with E-state index in [1.807, 2.05) is 12.1 Å². The third-order valence-electron chi connectivity index (χ3n) is 3.97. The number of hydrogen-bond donors (Lipinski definition) is 0. The van der Waals surface area contributed by atoms with Gasteiger partial charge in [-0.25, -0.2) is 9.59 Å². The van der Waals surface area contributed by atoms with Crippen molar-refractivity contribution in [2.24, 2.45) is 15.4 Å². The molecule has 0 N–H and O–H groups in total. The van der Waals surface area contributed by atoms with E-state index in [1.165, 1.54) is 5.56 Å². The van der Waals surface area contributed by atoms with Crippen LogP contribution in [0.1, 0.15) is 25.0 Å². The molecule has 0 bridgehead atoms. The summed E-state index contributed by atoms with van der Waals surface area (Å²) in [5.41, 5.74) is 3.38. The Hall–Kier alpha value is -2.54. The number of benzene rings is 2. The second kappa shape index (κ2) is 4.78. The molecule has 2 aromatic rings. The molecule has 1 aliphatic rings. The summed E-state index contributed by atoms with van der Waals surface area (Å²) in [7, 11) is 0. The Labute approximate surface area is 122 Å². The highest BCUT2D eigenvalue weighted by Crippen LogP contribution is 2.45. The van der Waals surface area contributed by atoms with Gasteiger partial charge in [0.25, 0.3) is 0 Å². The maximum Gasteiger partial charge on any atom is 0.240 e. The minimum Gasteiger partial charge on any atom is -0.211 e. The summed E-state index contributed by atoms with van der Waals surface area (Å²) in [5, 5.41) is 1.97. The minimum atomic E-state index is 0.101. The number of isocyanates is 2. The molecule has 0 amide bonds. The fourth-order valence-corrected chi connectivity index (χ4v) is 3.27. The van der Waals surface area contributed by atoms with E-state index in [9.17, 15) is 9.59 Å². The van der Waals surface area contributed by atoms with E-state index in [1.54, 1.807) is 18.2 Å². The Balaban J connectivity index is 2.47. The van der Waals surface area contributed by atoms with Crippen LogP contribution < -0.4 is 0 Å². The Morgan fingerprint density at radius 3 is 2.48 bits per heavy atom. The first kappa shape index (κ1) is 13.4. The van der Waals surface area contributed by atoms with Crippen LogP contribution in [-0.4, -0.2) is 12.2 Å². The van der Waals surface area contributed by atoms with Gasteiger partial charge in [0.1, 0.15) is 0 Å². The molecule has 1 aliphatic carbocycles. The minimum absolute atomic E-state index is 0.101. The number of aliphatic imine (C=N–C) groups is 2. The lowest BCUT2D eigenvalue weighted by molar-refractivity contribution is 0.356. The van der Waals surface area contributed by atoms with E-state index in [-0.39, 0.29) is 5.41 Å². The Kier molecular flexibility index (Phi) is 3.06. The molecule has 3 rings (SSSR count). The summed E-state index contributed by atoms with van der Waals surface area (Å²) in [6.07, 6.45) is 4.94. The van der Waals surface area contributed by atoms with E-state index in [2.05, 4.69) is 29.9 Å². The van der Waals surface area contributed by atoms with Crippen molar-refractivity contribution in [3.63, 3.8) is 0 Å². The maximum absolute atomic E-state index is 10.7. The van der Waals surface area contributed by atoms with Gasteiger partial charge in [-0.1, -0.05) is 32.0 Å². The highest BCUT2D eigenvalue weighted by molar-refractivity contribution is 6.01. The predicted octanol–water partition coefficient (Wildman–Crippen LogP) is 3.90. The molecular formula is C17H14N2O2. The zero-order chi connectivity index (χ0) is 15.0. The SMILES string of the molecule is CC1(C)Cc2cccc3c(N=C=O)cc(N=C=O)c(c23)C1. The highest BCUT2D eigenvalue weighted by Gasteiger charge is 2.29. The van der Waals surface area contributed by atoms with Crippen molar-refractivity contribution < 1.29 is 9.59 Å². The van der Waals surface area contributed by atoms with Crippen LogP contribution in [0.25, 0.3) is 10.8 Å². The molecule has 0 aromatic heterocycles. The Bertz CT molecular complexity index is 839. The summed E-state index contributed by atoms with van der Waals surface area (Å²) < 4.78 is 0. The molecule has 21 heavy (non-hydrogen) atoms. The molecule has 0 fully saturated rings. The summed E-state index contributed by atoms with van der Waals surface area (Å²) in [6.45, 7) is 4.39. The number of carbonyl (C=O) groups excluding carboxylic acids is 2. The normalized spacial score (nSPS) is 15.1. The zero-order valence-corrected chi connectivity index (χ0v) is 11.9. The largest absolute Gasteiger partial charge is 0.240 e. The van der Waals surface area contributed by atoms with Gasteiger partial charge in [0.05, 0.1) is 11.4 Å². The third kappa shape index (κ3) is 2.21. The van der Waals surface area contributed by atoms with E-state index < -0.39 is 0 Å². The summed E-state index contributed by atoms with van der Waals surface area (Å²) in [4.78, 5) is 28.9. The molecule has 4 nitrogen and oxygen atoms in total. The van der Waals surface area contributed by atoms with Crippen LogP contribution in [0, 0.1) is 5.41 Å². The molecule has 2 aromatic carbocycles. The molecular weight excluding hydrogens is 264 g/mol. The number of hydrogen-bond acceptors (Lipinski definition) is 4. The summed E-state index contributed by atoms with van der Waals surface area (Å²) in [6, 6.07) is 7.65. The van der Waals surface area contributed by atoms with Gasteiger partial charge >= 0.3 is 0 Å². The van der Waals surface area contributed by atoms with Gasteiger partial charge in [-0.2, -0.15) is 9.98 Å². The van der Waals surface area contributed by atoms with Crippen molar-refractivity contribution in [1.82, 2.24) is 0 Å². The van der Waals surface area contributed by atoms with Gasteiger partial charge in [-0.15, -0.1) is 0 Å². The lowest BCUT2D eigenvalue weighted by Crippen LogP contribution is -2.22. The molecule has 0 spiro atoms. The van der Waals surface area contributed by atoms with Gasteiger partial charge in [-0.05, 0) is 40.8 Å². The van der Waals surface area contributed by atoms with Gasteiger partial charge < -0.3 is 0 Å². The molecule has 0 saturated heterocycles. The Morgan fingerprint density at radius 1 is 1.05 bits per heavy atom. The maximum atomic E-state index is 10.7. The molecule has 0 aliphatic heterocycles. The van der Waals surface area contributed by atoms with E-state index in [0.717, 1.165) is 29.2 Å². The van der Waals surface area contributed by atoms with Gasteiger partial charge in [0.2, 0.25) is 12.2 Å².